The van der Waals surface area contributed by atoms with Crippen molar-refractivity contribution in [2.24, 2.45) is 11.8 Å². The molecule has 3 heteroatoms. The van der Waals surface area contributed by atoms with E-state index in [1.54, 1.807) is 6.07 Å². The lowest BCUT2D eigenvalue weighted by molar-refractivity contribution is 0.236. The van der Waals surface area contributed by atoms with E-state index >= 15 is 0 Å². The smallest absolute Gasteiger partial charge is 0.117 e. The first-order valence-electron chi connectivity index (χ1n) is 8.30. The topological polar surface area (TPSA) is 43.7 Å². The van der Waals surface area contributed by atoms with Crippen LogP contribution in [0, 0.1) is 11.8 Å². The van der Waals surface area contributed by atoms with E-state index in [0.717, 1.165) is 37.4 Å². The van der Waals surface area contributed by atoms with E-state index < -0.39 is 0 Å². The van der Waals surface area contributed by atoms with Crippen LogP contribution in [-0.4, -0.2) is 29.4 Å². The van der Waals surface area contributed by atoms with Crippen molar-refractivity contribution in [3.63, 3.8) is 0 Å². The number of rotatable bonds is 6. The van der Waals surface area contributed by atoms with Gasteiger partial charge in [-0.15, -0.1) is 0 Å². The molecule has 1 aromatic carbocycles. The lowest BCUT2D eigenvalue weighted by atomic mass is 9.79. The Kier molecular flexibility index (Phi) is 5.92. The van der Waals surface area contributed by atoms with Crippen LogP contribution in [0.4, 0.5) is 5.69 Å². The molecule has 0 spiro atoms. The molecule has 0 aliphatic carbocycles. The molecule has 1 fully saturated rings. The summed E-state index contributed by atoms with van der Waals surface area (Å²) in [5, 5.41) is 18.7. The molecular weight excluding hydrogens is 262 g/mol. The molecule has 0 bridgehead atoms. The zero-order valence-electron chi connectivity index (χ0n) is 13.3. The number of unbranched alkanes of at least 4 members (excludes halogenated alkanes) is 2. The molecule has 1 saturated heterocycles. The SMILES string of the molecule is CC1CCN(c2cccc(O)c2)C(CCCCCO)C1C. The second kappa shape index (κ2) is 7.69. The van der Waals surface area contributed by atoms with Gasteiger partial charge in [-0.2, -0.15) is 0 Å². The summed E-state index contributed by atoms with van der Waals surface area (Å²) >= 11 is 0. The summed E-state index contributed by atoms with van der Waals surface area (Å²) in [5.74, 6) is 1.76. The molecule has 1 heterocycles. The summed E-state index contributed by atoms with van der Waals surface area (Å²) in [6.45, 7) is 6.08. The first-order chi connectivity index (χ1) is 10.1. The van der Waals surface area contributed by atoms with Crippen molar-refractivity contribution in [3.05, 3.63) is 24.3 Å². The van der Waals surface area contributed by atoms with E-state index in [1.807, 2.05) is 12.1 Å². The van der Waals surface area contributed by atoms with Crippen molar-refractivity contribution in [3.8, 4) is 5.75 Å². The molecule has 2 rings (SSSR count). The lowest BCUT2D eigenvalue weighted by Crippen LogP contribution is -2.47. The second-order valence-corrected chi connectivity index (χ2v) is 6.48. The molecular formula is C18H29NO2. The highest BCUT2D eigenvalue weighted by Crippen LogP contribution is 2.35. The Hall–Kier alpha value is -1.22. The zero-order chi connectivity index (χ0) is 15.2. The minimum Gasteiger partial charge on any atom is -0.508 e. The number of phenols is 1. The molecule has 0 aromatic heterocycles. The highest BCUT2D eigenvalue weighted by molar-refractivity contribution is 5.51. The van der Waals surface area contributed by atoms with Crippen LogP contribution in [0.25, 0.3) is 0 Å². The molecule has 3 nitrogen and oxygen atoms in total. The van der Waals surface area contributed by atoms with Crippen LogP contribution in [-0.2, 0) is 0 Å². The van der Waals surface area contributed by atoms with Crippen LogP contribution in [0.2, 0.25) is 0 Å². The fraction of sp³-hybridized carbons (Fsp3) is 0.667. The highest BCUT2D eigenvalue weighted by Gasteiger charge is 2.32. The van der Waals surface area contributed by atoms with Gasteiger partial charge in [0.05, 0.1) is 0 Å². The quantitative estimate of drug-likeness (QED) is 0.784. The summed E-state index contributed by atoms with van der Waals surface area (Å²) in [6.07, 6.45) is 5.55. The molecule has 21 heavy (non-hydrogen) atoms. The standard InChI is InChI=1S/C18H29NO2/c1-14-10-11-19(16-7-6-8-17(21)13-16)18(15(14)2)9-4-3-5-12-20/h6-8,13-15,18,20-21H,3-5,9-12H2,1-2H3. The average Bonchev–Trinajstić information content (AvgIpc) is 2.47. The summed E-state index contributed by atoms with van der Waals surface area (Å²) in [4.78, 5) is 2.48. The predicted octanol–water partition coefficient (Wildman–Crippen LogP) is 3.80. The molecule has 1 aromatic rings. The van der Waals surface area contributed by atoms with Crippen LogP contribution in [0.1, 0.15) is 46.0 Å². The Labute approximate surface area is 128 Å². The van der Waals surface area contributed by atoms with E-state index in [0.29, 0.717) is 24.3 Å². The van der Waals surface area contributed by atoms with E-state index in [1.165, 1.54) is 12.8 Å². The number of anilines is 1. The van der Waals surface area contributed by atoms with E-state index in [2.05, 4.69) is 24.8 Å². The second-order valence-electron chi connectivity index (χ2n) is 6.48. The van der Waals surface area contributed by atoms with Crippen LogP contribution < -0.4 is 4.90 Å². The summed E-state index contributed by atoms with van der Waals surface area (Å²) in [6, 6.07) is 8.17. The Morgan fingerprint density at radius 2 is 2.00 bits per heavy atom. The Balaban J connectivity index is 2.08. The van der Waals surface area contributed by atoms with Crippen LogP contribution in [0.3, 0.4) is 0 Å². The van der Waals surface area contributed by atoms with Gasteiger partial charge in [-0.25, -0.2) is 0 Å². The molecule has 1 aliphatic rings. The number of phenolic OH excluding ortho intramolecular Hbond substituents is 1. The van der Waals surface area contributed by atoms with Gasteiger partial charge in [0.2, 0.25) is 0 Å². The van der Waals surface area contributed by atoms with Crippen molar-refractivity contribution in [1.82, 2.24) is 0 Å². The molecule has 0 saturated carbocycles. The van der Waals surface area contributed by atoms with Gasteiger partial charge in [0, 0.05) is 30.9 Å². The minimum atomic E-state index is 0.299. The molecule has 118 valence electrons. The lowest BCUT2D eigenvalue weighted by Gasteiger charge is -2.45. The number of aliphatic hydroxyl groups excluding tert-OH is 1. The highest BCUT2D eigenvalue weighted by atomic mass is 16.3. The normalized spacial score (nSPS) is 26.0. The average molecular weight is 291 g/mol. The van der Waals surface area contributed by atoms with Crippen molar-refractivity contribution >= 4 is 5.69 Å². The van der Waals surface area contributed by atoms with E-state index in [-0.39, 0.29) is 0 Å². The summed E-state index contributed by atoms with van der Waals surface area (Å²) in [7, 11) is 0. The van der Waals surface area contributed by atoms with Crippen molar-refractivity contribution in [1.29, 1.82) is 0 Å². The van der Waals surface area contributed by atoms with Gasteiger partial charge in [0.25, 0.3) is 0 Å². The minimum absolute atomic E-state index is 0.299. The van der Waals surface area contributed by atoms with Gasteiger partial charge < -0.3 is 15.1 Å². The molecule has 2 N–H and O–H groups in total. The van der Waals surface area contributed by atoms with Gasteiger partial charge in [0.15, 0.2) is 0 Å². The maximum absolute atomic E-state index is 9.74. The van der Waals surface area contributed by atoms with Gasteiger partial charge in [0.1, 0.15) is 5.75 Å². The maximum atomic E-state index is 9.74. The number of hydrogen-bond donors (Lipinski definition) is 2. The summed E-state index contributed by atoms with van der Waals surface area (Å²) in [5.41, 5.74) is 1.14. The van der Waals surface area contributed by atoms with E-state index in [9.17, 15) is 5.11 Å². The predicted molar refractivity (Wildman–Crippen MR) is 87.7 cm³/mol. The van der Waals surface area contributed by atoms with Gasteiger partial charge in [-0.1, -0.05) is 32.8 Å². The third kappa shape index (κ3) is 4.13. The fourth-order valence-electron chi connectivity index (χ4n) is 3.49. The number of hydrogen-bond acceptors (Lipinski definition) is 3. The first kappa shape index (κ1) is 16.2. The first-order valence-corrected chi connectivity index (χ1v) is 8.30. The Morgan fingerprint density at radius 3 is 2.71 bits per heavy atom. The molecule has 3 unspecified atom stereocenters. The zero-order valence-corrected chi connectivity index (χ0v) is 13.3. The molecule has 0 radical (unpaired) electrons. The Morgan fingerprint density at radius 1 is 1.19 bits per heavy atom. The largest absolute Gasteiger partial charge is 0.508 e. The number of nitrogens with zero attached hydrogens (tertiary/aromatic N) is 1. The third-order valence-electron chi connectivity index (χ3n) is 5.05. The van der Waals surface area contributed by atoms with Crippen molar-refractivity contribution < 1.29 is 10.2 Å². The van der Waals surface area contributed by atoms with Crippen molar-refractivity contribution in [2.75, 3.05) is 18.1 Å². The number of aromatic hydroxyl groups is 1. The van der Waals surface area contributed by atoms with Gasteiger partial charge >= 0.3 is 0 Å². The van der Waals surface area contributed by atoms with Crippen LogP contribution in [0.15, 0.2) is 24.3 Å². The Bertz CT molecular complexity index is 435. The summed E-state index contributed by atoms with van der Waals surface area (Å²) < 4.78 is 0. The third-order valence-corrected chi connectivity index (χ3v) is 5.05. The van der Waals surface area contributed by atoms with Gasteiger partial charge in [-0.3, -0.25) is 0 Å². The van der Waals surface area contributed by atoms with Crippen molar-refractivity contribution in [2.45, 2.75) is 52.0 Å². The monoisotopic (exact) mass is 291 g/mol. The number of piperidine rings is 1. The maximum Gasteiger partial charge on any atom is 0.117 e. The van der Waals surface area contributed by atoms with Crippen LogP contribution >= 0.6 is 0 Å². The van der Waals surface area contributed by atoms with E-state index in [4.69, 9.17) is 5.11 Å². The molecule has 1 aliphatic heterocycles. The van der Waals surface area contributed by atoms with Crippen LogP contribution in [0.5, 0.6) is 5.75 Å². The van der Waals surface area contributed by atoms with Gasteiger partial charge in [-0.05, 0) is 43.2 Å². The molecule has 3 atom stereocenters. The fourth-order valence-corrected chi connectivity index (χ4v) is 3.49. The number of aliphatic hydroxyl groups is 1. The molecule has 0 amide bonds. The number of benzene rings is 1.